The SMILES string of the molecule is C[C](=[V])NC=N[CH]=[W]. The summed E-state index contributed by atoms with van der Waals surface area (Å²) >= 11 is 3.76. The van der Waals surface area contributed by atoms with Gasteiger partial charge in [-0.15, -0.1) is 0 Å². The number of hydrogen-bond acceptors (Lipinski definition) is 1. The van der Waals surface area contributed by atoms with Crippen molar-refractivity contribution >= 4 is 15.2 Å². The quantitative estimate of drug-likeness (QED) is 0.556. The summed E-state index contributed by atoms with van der Waals surface area (Å²) in [5, 5.41) is 2.93. The molecule has 43 valence electrons. The fourth-order valence-corrected chi connectivity index (χ4v) is 0.470. The van der Waals surface area contributed by atoms with Gasteiger partial charge in [-0.25, -0.2) is 0 Å². The zero-order valence-corrected chi connectivity index (χ0v) is 8.79. The Hall–Kier alpha value is 0.483. The van der Waals surface area contributed by atoms with E-state index in [1.165, 1.54) is 19.4 Å². The number of aliphatic imine (C=N–C) groups is 1. The van der Waals surface area contributed by atoms with Crippen LogP contribution in [0.3, 0.4) is 0 Å². The van der Waals surface area contributed by atoms with E-state index in [1.54, 1.807) is 6.34 Å². The molecule has 0 unspecified atom stereocenters. The molecule has 4 heteroatoms. The Morgan fingerprint density at radius 1 is 1.88 bits per heavy atom. The molecule has 1 N–H and O–H groups in total. The van der Waals surface area contributed by atoms with Crippen LogP contribution in [0, 0.1) is 0 Å². The first-order valence-corrected chi connectivity index (χ1v) is 4.41. The number of nitrogens with one attached hydrogen (secondary N) is 1. The molecule has 0 aromatic carbocycles. The molecule has 0 aromatic rings. The van der Waals surface area contributed by atoms with Gasteiger partial charge in [-0.2, -0.15) is 0 Å². The molecule has 0 spiro atoms. The third-order valence-electron chi connectivity index (χ3n) is 0.409. The van der Waals surface area contributed by atoms with Crippen LogP contribution in [0.25, 0.3) is 0 Å². The van der Waals surface area contributed by atoms with E-state index in [0.29, 0.717) is 0 Å². The van der Waals surface area contributed by atoms with Crippen LogP contribution in [0.1, 0.15) is 6.92 Å². The molecule has 0 rings (SSSR count). The fourth-order valence-electron chi connectivity index (χ4n) is 0.161. The standard InChI is InChI=1S/C4H6N2.V.W/c1-3-6-4-5-2;;/h2,4,6H,1H3;;. The molecule has 0 bridgehead atoms. The molecule has 0 heterocycles. The zero-order valence-electron chi connectivity index (χ0n) is 4.46. The first-order chi connectivity index (χ1) is 3.77. The van der Waals surface area contributed by atoms with Gasteiger partial charge in [0.1, 0.15) is 0 Å². The van der Waals surface area contributed by atoms with Crippen molar-refractivity contribution in [2.45, 2.75) is 6.92 Å². The van der Waals surface area contributed by atoms with Crippen LogP contribution in [0.5, 0.6) is 0 Å². The van der Waals surface area contributed by atoms with Crippen LogP contribution < -0.4 is 5.32 Å². The summed E-state index contributed by atoms with van der Waals surface area (Å²) in [6.07, 6.45) is 1.67. The number of rotatable bonds is 3. The Bertz CT molecular complexity index is 121. The Kier molecular flexibility index (Phi) is 5.96. The van der Waals surface area contributed by atoms with E-state index in [1.807, 2.05) is 11.4 Å². The predicted molar refractivity (Wildman–Crippen MR) is 28.4 cm³/mol. The molecule has 0 aromatic heterocycles. The molecule has 0 saturated heterocycles. The van der Waals surface area contributed by atoms with Gasteiger partial charge >= 0.3 is 68.8 Å². The van der Waals surface area contributed by atoms with E-state index in [9.17, 15) is 0 Å². The van der Waals surface area contributed by atoms with Gasteiger partial charge in [0.05, 0.1) is 0 Å². The molecule has 0 aliphatic rings. The summed E-state index contributed by atoms with van der Waals surface area (Å²) in [7, 11) is 0. The second-order valence-corrected chi connectivity index (χ2v) is 2.92. The molecule has 2 nitrogen and oxygen atoms in total. The Balaban J connectivity index is 3.29. The second-order valence-electron chi connectivity index (χ2n) is 1.11. The van der Waals surface area contributed by atoms with Crippen molar-refractivity contribution in [2.24, 2.45) is 4.99 Å². The molecule has 0 fully saturated rings. The summed E-state index contributed by atoms with van der Waals surface area (Å²) in [6.45, 7) is 1.97. The summed E-state index contributed by atoms with van der Waals surface area (Å²) in [6, 6.07) is 0. The van der Waals surface area contributed by atoms with Crippen molar-refractivity contribution in [2.75, 3.05) is 0 Å². The summed E-state index contributed by atoms with van der Waals surface area (Å²) in [4.78, 5) is 3.86. The summed E-state index contributed by atoms with van der Waals surface area (Å²) in [5.74, 6) is 0. The van der Waals surface area contributed by atoms with Gasteiger partial charge in [-0.05, 0) is 0 Å². The average molecular weight is 317 g/mol. The van der Waals surface area contributed by atoms with E-state index < -0.39 is 0 Å². The van der Waals surface area contributed by atoms with Crippen molar-refractivity contribution in [3.63, 3.8) is 0 Å². The predicted octanol–water partition coefficient (Wildman–Crippen LogP) is -0.393. The molecule has 8 heavy (non-hydrogen) atoms. The number of nitrogens with zero attached hydrogens (tertiary/aromatic N) is 1. The summed E-state index contributed by atoms with van der Waals surface area (Å²) in [5.41, 5.74) is 0. The van der Waals surface area contributed by atoms with Crippen molar-refractivity contribution in [3.05, 3.63) is 0 Å². The minimum atomic E-state index is 1.10. The maximum absolute atomic E-state index is 3.86. The monoisotopic (exact) mass is 317 g/mol. The van der Waals surface area contributed by atoms with Gasteiger partial charge in [-0.3, -0.25) is 0 Å². The molecular weight excluding hydrogens is 311 g/mol. The van der Waals surface area contributed by atoms with Gasteiger partial charge in [-0.1, -0.05) is 0 Å². The third kappa shape index (κ3) is 6.48. The molecule has 0 radical (unpaired) electrons. The molecule has 0 amide bonds. The van der Waals surface area contributed by atoms with Crippen LogP contribution in [0.4, 0.5) is 0 Å². The zero-order chi connectivity index (χ0) is 6.41. The molecule has 0 aliphatic heterocycles. The molecular formula is C4H6N2VW. The molecule has 0 aliphatic carbocycles. The Morgan fingerprint density at radius 3 is 2.88 bits per heavy atom. The minimum absolute atomic E-state index is 1.10. The van der Waals surface area contributed by atoms with Crippen LogP contribution in [-0.2, 0) is 36.3 Å². The first kappa shape index (κ1) is 8.48. The van der Waals surface area contributed by atoms with Crippen molar-refractivity contribution in [3.8, 4) is 0 Å². The van der Waals surface area contributed by atoms with Gasteiger partial charge in [0.2, 0.25) is 0 Å². The topological polar surface area (TPSA) is 24.4 Å². The van der Waals surface area contributed by atoms with Crippen LogP contribution in [0.2, 0.25) is 0 Å². The van der Waals surface area contributed by atoms with E-state index in [4.69, 9.17) is 0 Å². The second kappa shape index (κ2) is 5.62. The maximum atomic E-state index is 3.86. The van der Waals surface area contributed by atoms with Gasteiger partial charge in [0.15, 0.2) is 0 Å². The van der Waals surface area contributed by atoms with Crippen LogP contribution >= 0.6 is 0 Å². The van der Waals surface area contributed by atoms with E-state index in [0.717, 1.165) is 4.35 Å². The van der Waals surface area contributed by atoms with Gasteiger partial charge < -0.3 is 0 Å². The van der Waals surface area contributed by atoms with Crippen molar-refractivity contribution in [1.82, 2.24) is 5.32 Å². The molecule has 0 saturated carbocycles. The van der Waals surface area contributed by atoms with Crippen LogP contribution in [-0.4, -0.2) is 15.2 Å². The van der Waals surface area contributed by atoms with Crippen molar-refractivity contribution < 1.29 is 36.3 Å². The average Bonchev–Trinajstić information content (AvgIpc) is 1.66. The van der Waals surface area contributed by atoms with E-state index in [-0.39, 0.29) is 0 Å². The van der Waals surface area contributed by atoms with Crippen molar-refractivity contribution in [1.29, 1.82) is 0 Å². The first-order valence-electron chi connectivity index (χ1n) is 2.01. The normalized spacial score (nSPS) is 9.00. The van der Waals surface area contributed by atoms with Gasteiger partial charge in [0.25, 0.3) is 0 Å². The molecule has 0 atom stereocenters. The van der Waals surface area contributed by atoms with E-state index >= 15 is 0 Å². The third-order valence-corrected chi connectivity index (χ3v) is 1.05. The fraction of sp³-hybridized carbons (Fsp3) is 0.250. The van der Waals surface area contributed by atoms with Gasteiger partial charge in [0, 0.05) is 0 Å². The Labute approximate surface area is 68.7 Å². The van der Waals surface area contributed by atoms with Crippen LogP contribution in [0.15, 0.2) is 4.99 Å². The Morgan fingerprint density at radius 2 is 2.50 bits per heavy atom. The number of hydrogen-bond donors (Lipinski definition) is 1. The summed E-state index contributed by atoms with van der Waals surface area (Å²) < 4.78 is 2.90. The van der Waals surface area contributed by atoms with E-state index in [2.05, 4.69) is 27.3 Å².